The number of carbonyl (C=O) groups is 2. The van der Waals surface area contributed by atoms with Crippen LogP contribution in [0.25, 0.3) is 0 Å². The van der Waals surface area contributed by atoms with Crippen molar-refractivity contribution in [2.24, 2.45) is 0 Å². The molecule has 3 aromatic rings. The summed E-state index contributed by atoms with van der Waals surface area (Å²) >= 11 is 1.73. The molecule has 0 saturated heterocycles. The quantitative estimate of drug-likeness (QED) is 0.527. The van der Waals surface area contributed by atoms with Crippen LogP contribution in [0.3, 0.4) is 0 Å². The van der Waals surface area contributed by atoms with E-state index >= 15 is 0 Å². The van der Waals surface area contributed by atoms with Crippen LogP contribution >= 0.6 is 11.8 Å². The van der Waals surface area contributed by atoms with E-state index in [1.54, 1.807) is 11.8 Å². The number of nitrogens with one attached hydrogen (secondary N) is 1. The molecule has 0 aliphatic carbocycles. The van der Waals surface area contributed by atoms with Crippen LogP contribution < -0.4 is 10.2 Å². The highest BCUT2D eigenvalue weighted by Gasteiger charge is 2.23. The summed E-state index contributed by atoms with van der Waals surface area (Å²) in [7, 11) is 0. The Labute approximate surface area is 186 Å². The Morgan fingerprint density at radius 1 is 0.903 bits per heavy atom. The molecule has 0 saturated carbocycles. The van der Waals surface area contributed by atoms with Crippen molar-refractivity contribution in [1.29, 1.82) is 0 Å². The van der Waals surface area contributed by atoms with Gasteiger partial charge in [0.2, 0.25) is 0 Å². The van der Waals surface area contributed by atoms with Gasteiger partial charge in [0.05, 0.1) is 23.8 Å². The zero-order valence-electron chi connectivity index (χ0n) is 17.3. The number of fused-ring (bicyclic) bond motifs is 2. The van der Waals surface area contributed by atoms with Crippen LogP contribution in [-0.4, -0.2) is 25.0 Å². The van der Waals surface area contributed by atoms with E-state index in [0.717, 1.165) is 26.7 Å². The largest absolute Gasteiger partial charge is 0.456 e. The van der Waals surface area contributed by atoms with Crippen molar-refractivity contribution in [2.45, 2.75) is 29.2 Å². The third-order valence-corrected chi connectivity index (χ3v) is 6.24. The highest BCUT2D eigenvalue weighted by atomic mass is 32.2. The van der Waals surface area contributed by atoms with Crippen molar-refractivity contribution in [3.8, 4) is 0 Å². The van der Waals surface area contributed by atoms with Gasteiger partial charge in [-0.05, 0) is 36.8 Å². The predicted octanol–water partition coefficient (Wildman–Crippen LogP) is 5.10. The fraction of sp³-hybridized carbons (Fsp3) is 0.200. The molecule has 1 aliphatic rings. The number of amides is 1. The Hall–Kier alpha value is -3.25. The van der Waals surface area contributed by atoms with E-state index in [0.29, 0.717) is 6.54 Å². The molecule has 1 atom stereocenters. The van der Waals surface area contributed by atoms with Crippen molar-refractivity contribution in [3.05, 3.63) is 84.4 Å². The second-order valence-corrected chi connectivity index (χ2v) is 8.38. The van der Waals surface area contributed by atoms with Crippen LogP contribution in [0.5, 0.6) is 0 Å². The third kappa shape index (κ3) is 5.09. The molecule has 0 fully saturated rings. The van der Waals surface area contributed by atoms with E-state index in [2.05, 4.69) is 34.5 Å². The summed E-state index contributed by atoms with van der Waals surface area (Å²) in [5.74, 6) is -0.703. The first-order valence-electron chi connectivity index (χ1n) is 10.2. The summed E-state index contributed by atoms with van der Waals surface area (Å²) in [5, 5.41) is 2.85. The van der Waals surface area contributed by atoms with Gasteiger partial charge in [0.1, 0.15) is 0 Å². The lowest BCUT2D eigenvalue weighted by molar-refractivity contribution is -0.148. The first-order valence-corrected chi connectivity index (χ1v) is 11.1. The highest BCUT2D eigenvalue weighted by molar-refractivity contribution is 7.99. The summed E-state index contributed by atoms with van der Waals surface area (Å²) in [4.78, 5) is 29.0. The van der Waals surface area contributed by atoms with E-state index in [1.807, 2.05) is 61.5 Å². The minimum atomic E-state index is -0.393. The predicted molar refractivity (Wildman–Crippen MR) is 123 cm³/mol. The Morgan fingerprint density at radius 2 is 1.48 bits per heavy atom. The van der Waals surface area contributed by atoms with E-state index in [-0.39, 0.29) is 25.0 Å². The van der Waals surface area contributed by atoms with Crippen LogP contribution in [0.4, 0.5) is 11.4 Å². The number of esters is 1. The number of carbonyl (C=O) groups excluding carboxylic acids is 2. The fourth-order valence-corrected chi connectivity index (χ4v) is 4.65. The van der Waals surface area contributed by atoms with Gasteiger partial charge in [0, 0.05) is 16.3 Å². The maximum absolute atomic E-state index is 12.3. The standard InChI is InChI=1S/C25H24N2O3S/c1-18(19-9-3-2-4-10-19)26-24(28)17-30-25(29)15-16-27-20-11-5-7-13-22(20)31-23-14-8-6-12-21(23)27/h2-14,18H,15-17H2,1H3,(H,26,28)/t18-/m0/s1. The van der Waals surface area contributed by atoms with Crippen LogP contribution in [-0.2, 0) is 14.3 Å². The van der Waals surface area contributed by atoms with Crippen molar-refractivity contribution >= 4 is 35.0 Å². The first kappa shape index (κ1) is 21.0. The van der Waals surface area contributed by atoms with Gasteiger partial charge in [-0.25, -0.2) is 0 Å². The first-order chi connectivity index (χ1) is 15.1. The van der Waals surface area contributed by atoms with Crippen LogP contribution in [0.2, 0.25) is 0 Å². The molecule has 0 unspecified atom stereocenters. The molecule has 31 heavy (non-hydrogen) atoms. The zero-order chi connectivity index (χ0) is 21.6. The molecule has 0 radical (unpaired) electrons. The fourth-order valence-electron chi connectivity index (χ4n) is 3.55. The molecule has 1 amide bonds. The summed E-state index contributed by atoms with van der Waals surface area (Å²) < 4.78 is 5.22. The Balaban J connectivity index is 1.32. The zero-order valence-corrected chi connectivity index (χ0v) is 18.1. The molecule has 3 aromatic carbocycles. The van der Waals surface area contributed by atoms with Gasteiger partial charge in [-0.1, -0.05) is 66.4 Å². The SMILES string of the molecule is C[C@H](NC(=O)COC(=O)CCN1c2ccccc2Sc2ccccc21)c1ccccc1. The van der Waals surface area contributed by atoms with Gasteiger partial charge in [0.25, 0.3) is 5.91 Å². The summed E-state index contributed by atoms with van der Waals surface area (Å²) in [6.07, 6.45) is 0.189. The van der Waals surface area contributed by atoms with Gasteiger partial charge >= 0.3 is 5.97 Å². The minimum Gasteiger partial charge on any atom is -0.456 e. The number of rotatable bonds is 7. The molecule has 6 heteroatoms. The van der Waals surface area contributed by atoms with Gasteiger partial charge in [-0.15, -0.1) is 0 Å². The number of benzene rings is 3. The van der Waals surface area contributed by atoms with Gasteiger partial charge in [-0.3, -0.25) is 9.59 Å². The lowest BCUT2D eigenvalue weighted by Crippen LogP contribution is -2.31. The normalized spacial score (nSPS) is 13.0. The molecule has 0 spiro atoms. The Kier molecular flexibility index (Phi) is 6.57. The van der Waals surface area contributed by atoms with Crippen LogP contribution in [0.15, 0.2) is 88.7 Å². The summed E-state index contributed by atoms with van der Waals surface area (Å²) in [6, 6.07) is 25.8. The molecule has 0 aromatic heterocycles. The smallest absolute Gasteiger partial charge is 0.308 e. The Bertz CT molecular complexity index is 1030. The average molecular weight is 433 g/mol. The van der Waals surface area contributed by atoms with E-state index in [9.17, 15) is 9.59 Å². The third-order valence-electron chi connectivity index (χ3n) is 5.11. The highest BCUT2D eigenvalue weighted by Crippen LogP contribution is 2.47. The van der Waals surface area contributed by atoms with E-state index < -0.39 is 5.97 Å². The Morgan fingerprint density at radius 3 is 2.13 bits per heavy atom. The van der Waals surface area contributed by atoms with Crippen molar-refractivity contribution in [3.63, 3.8) is 0 Å². The minimum absolute atomic E-state index is 0.147. The van der Waals surface area contributed by atoms with Crippen molar-refractivity contribution in [2.75, 3.05) is 18.1 Å². The molecule has 1 heterocycles. The second kappa shape index (κ2) is 9.71. The lowest BCUT2D eigenvalue weighted by atomic mass is 10.1. The number of anilines is 2. The summed E-state index contributed by atoms with van der Waals surface area (Å²) in [6.45, 7) is 2.10. The number of hydrogen-bond donors (Lipinski definition) is 1. The van der Waals surface area contributed by atoms with Gasteiger partial charge in [-0.2, -0.15) is 0 Å². The molecular formula is C25H24N2O3S. The van der Waals surface area contributed by atoms with E-state index in [1.165, 1.54) is 0 Å². The number of ether oxygens (including phenoxy) is 1. The summed E-state index contributed by atoms with van der Waals surface area (Å²) in [5.41, 5.74) is 3.16. The molecule has 158 valence electrons. The molecule has 1 N–H and O–H groups in total. The van der Waals surface area contributed by atoms with E-state index in [4.69, 9.17) is 4.74 Å². The average Bonchev–Trinajstić information content (AvgIpc) is 2.81. The topological polar surface area (TPSA) is 58.6 Å². The monoisotopic (exact) mass is 432 g/mol. The van der Waals surface area contributed by atoms with Crippen LogP contribution in [0, 0.1) is 0 Å². The molecule has 1 aliphatic heterocycles. The number of para-hydroxylation sites is 2. The molecular weight excluding hydrogens is 408 g/mol. The van der Waals surface area contributed by atoms with Gasteiger partial charge in [0.15, 0.2) is 6.61 Å². The van der Waals surface area contributed by atoms with Crippen molar-refractivity contribution in [1.82, 2.24) is 5.32 Å². The molecule has 5 nitrogen and oxygen atoms in total. The molecule has 4 rings (SSSR count). The maximum atomic E-state index is 12.3. The molecule has 0 bridgehead atoms. The van der Waals surface area contributed by atoms with Crippen molar-refractivity contribution < 1.29 is 14.3 Å². The maximum Gasteiger partial charge on any atom is 0.308 e. The van der Waals surface area contributed by atoms with Crippen LogP contribution in [0.1, 0.15) is 24.9 Å². The lowest BCUT2D eigenvalue weighted by Gasteiger charge is -2.32. The van der Waals surface area contributed by atoms with Gasteiger partial charge < -0.3 is 15.0 Å². The second-order valence-electron chi connectivity index (χ2n) is 7.30. The number of nitrogens with zero attached hydrogens (tertiary/aromatic N) is 1. The number of hydrogen-bond acceptors (Lipinski definition) is 5.